The first-order valence-electron chi connectivity index (χ1n) is 8.17. The number of nitrogens with two attached hydrogens (primary N) is 1. The van der Waals surface area contributed by atoms with Crippen molar-refractivity contribution in [1.82, 2.24) is 9.97 Å². The molecule has 1 aromatic heterocycles. The normalized spacial score (nSPS) is 11.4. The van der Waals surface area contributed by atoms with Gasteiger partial charge in [0, 0.05) is 22.9 Å². The van der Waals surface area contributed by atoms with Gasteiger partial charge in [-0.25, -0.2) is 23.5 Å². The number of thioether (sulfide) groups is 1. The Morgan fingerprint density at radius 1 is 1.11 bits per heavy atom. The van der Waals surface area contributed by atoms with Gasteiger partial charge < -0.3 is 14.8 Å². The van der Waals surface area contributed by atoms with Crippen LogP contribution in [0.15, 0.2) is 46.5 Å². The van der Waals surface area contributed by atoms with Crippen molar-refractivity contribution in [2.45, 2.75) is 16.3 Å². The Labute approximate surface area is 167 Å². The van der Waals surface area contributed by atoms with Crippen LogP contribution in [0.5, 0.6) is 11.5 Å². The minimum Gasteiger partial charge on any atom is -0.493 e. The number of nitrogens with zero attached hydrogens (tertiary/aromatic N) is 2. The lowest BCUT2D eigenvalue weighted by molar-refractivity contribution is 0.356. The summed E-state index contributed by atoms with van der Waals surface area (Å²) in [6, 6.07) is 8.39. The van der Waals surface area contributed by atoms with E-state index in [-0.39, 0.29) is 4.90 Å². The number of benzene rings is 2. The Morgan fingerprint density at radius 3 is 2.46 bits per heavy atom. The summed E-state index contributed by atoms with van der Waals surface area (Å²) in [6.07, 6.45) is 3.37. The van der Waals surface area contributed by atoms with Gasteiger partial charge in [0.2, 0.25) is 10.0 Å². The largest absolute Gasteiger partial charge is 0.493 e. The maximum atomic E-state index is 11.7. The predicted octanol–water partition coefficient (Wildman–Crippen LogP) is 2.63. The molecule has 3 N–H and O–H groups in total. The van der Waals surface area contributed by atoms with Gasteiger partial charge in [0.1, 0.15) is 12.1 Å². The summed E-state index contributed by atoms with van der Waals surface area (Å²) in [7, 11) is -0.656. The molecule has 0 saturated carbocycles. The first-order valence-corrected chi connectivity index (χ1v) is 10.9. The number of primary sulfonamides is 1. The van der Waals surface area contributed by atoms with Crippen LogP contribution in [0.3, 0.4) is 0 Å². The van der Waals surface area contributed by atoms with E-state index in [4.69, 9.17) is 14.6 Å². The van der Waals surface area contributed by atoms with Gasteiger partial charge in [0.25, 0.3) is 0 Å². The fourth-order valence-electron chi connectivity index (χ4n) is 2.77. The number of anilines is 1. The molecule has 0 aliphatic carbocycles. The standard InChI is InChI=1S/C18H20N4O4S2/c1-25-15-7-13-14(8-16(15)26-2)21-10-22-18(13)20-9-11-6-12(28(19,23)24)4-5-17(11)27-3/h4-8,10H,9H2,1-3H3,(H2,19,23,24)(H,20,21,22). The maximum Gasteiger partial charge on any atom is 0.238 e. The molecule has 148 valence electrons. The highest BCUT2D eigenvalue weighted by atomic mass is 32.2. The highest BCUT2D eigenvalue weighted by molar-refractivity contribution is 7.98. The number of rotatable bonds is 7. The summed E-state index contributed by atoms with van der Waals surface area (Å²) in [5, 5.41) is 9.26. The molecule has 8 nitrogen and oxygen atoms in total. The molecule has 0 spiro atoms. The third kappa shape index (κ3) is 4.13. The van der Waals surface area contributed by atoms with E-state index in [1.165, 1.54) is 24.2 Å². The first-order chi connectivity index (χ1) is 13.4. The molecule has 10 heteroatoms. The molecule has 0 atom stereocenters. The monoisotopic (exact) mass is 420 g/mol. The zero-order valence-corrected chi connectivity index (χ0v) is 17.2. The van der Waals surface area contributed by atoms with E-state index in [9.17, 15) is 8.42 Å². The van der Waals surface area contributed by atoms with Gasteiger partial charge in [-0.1, -0.05) is 0 Å². The molecule has 3 aromatic rings. The van der Waals surface area contributed by atoms with Crippen molar-refractivity contribution in [3.63, 3.8) is 0 Å². The molecule has 2 aromatic carbocycles. The molecule has 0 aliphatic rings. The Kier molecular flexibility index (Phi) is 5.92. The van der Waals surface area contributed by atoms with Crippen molar-refractivity contribution in [2.24, 2.45) is 5.14 Å². The molecular formula is C18H20N4O4S2. The van der Waals surface area contributed by atoms with Crippen LogP contribution in [0.1, 0.15) is 5.56 Å². The Morgan fingerprint density at radius 2 is 1.82 bits per heavy atom. The molecule has 0 aliphatic heterocycles. The molecule has 28 heavy (non-hydrogen) atoms. The summed E-state index contributed by atoms with van der Waals surface area (Å²) in [5.41, 5.74) is 1.49. The molecule has 0 bridgehead atoms. The number of hydrogen-bond donors (Lipinski definition) is 2. The second kappa shape index (κ2) is 8.21. The SMILES string of the molecule is COc1cc2ncnc(NCc3cc(S(N)(=O)=O)ccc3SC)c2cc1OC. The highest BCUT2D eigenvalue weighted by Gasteiger charge is 2.14. The number of nitrogens with one attached hydrogen (secondary N) is 1. The molecule has 1 heterocycles. The molecule has 0 saturated heterocycles. The van der Waals surface area contributed by atoms with E-state index >= 15 is 0 Å². The maximum absolute atomic E-state index is 11.7. The zero-order chi connectivity index (χ0) is 20.3. The summed E-state index contributed by atoms with van der Waals surface area (Å²) in [6.45, 7) is 0.361. The predicted molar refractivity (Wildman–Crippen MR) is 110 cm³/mol. The fraction of sp³-hybridized carbons (Fsp3) is 0.222. The molecule has 0 amide bonds. The zero-order valence-electron chi connectivity index (χ0n) is 15.6. The molecule has 0 radical (unpaired) electrons. The van der Waals surface area contributed by atoms with Crippen LogP contribution in [-0.2, 0) is 16.6 Å². The third-order valence-corrected chi connectivity index (χ3v) is 5.92. The van der Waals surface area contributed by atoms with Crippen LogP contribution in [0.2, 0.25) is 0 Å². The van der Waals surface area contributed by atoms with Crippen molar-refractivity contribution in [3.8, 4) is 11.5 Å². The second-order valence-electron chi connectivity index (χ2n) is 5.82. The van der Waals surface area contributed by atoms with Crippen LogP contribution in [0, 0.1) is 0 Å². The van der Waals surface area contributed by atoms with Gasteiger partial charge in [0.05, 0.1) is 24.6 Å². The third-order valence-electron chi connectivity index (χ3n) is 4.17. The minimum atomic E-state index is -3.78. The quantitative estimate of drug-likeness (QED) is 0.560. The van der Waals surface area contributed by atoms with Crippen LogP contribution in [-0.4, -0.2) is 38.9 Å². The van der Waals surface area contributed by atoms with Gasteiger partial charge >= 0.3 is 0 Å². The van der Waals surface area contributed by atoms with Gasteiger partial charge in [-0.05, 0) is 36.1 Å². The number of sulfonamides is 1. The Hall–Kier alpha value is -2.56. The molecule has 0 fully saturated rings. The topological polar surface area (TPSA) is 116 Å². The van der Waals surface area contributed by atoms with Crippen molar-refractivity contribution < 1.29 is 17.9 Å². The van der Waals surface area contributed by atoms with E-state index in [1.54, 1.807) is 38.5 Å². The number of hydrogen-bond acceptors (Lipinski definition) is 8. The lowest BCUT2D eigenvalue weighted by Crippen LogP contribution is -2.13. The van der Waals surface area contributed by atoms with E-state index in [1.807, 2.05) is 6.26 Å². The minimum absolute atomic E-state index is 0.0704. The van der Waals surface area contributed by atoms with Crippen molar-refractivity contribution >= 4 is 38.5 Å². The Bertz CT molecular complexity index is 1120. The van der Waals surface area contributed by atoms with E-state index in [2.05, 4.69) is 15.3 Å². The van der Waals surface area contributed by atoms with Gasteiger partial charge in [-0.15, -0.1) is 11.8 Å². The first kappa shape index (κ1) is 20.2. The Balaban J connectivity index is 1.98. The number of ether oxygens (including phenoxy) is 2. The van der Waals surface area contributed by atoms with Crippen LogP contribution >= 0.6 is 11.8 Å². The van der Waals surface area contributed by atoms with Crippen molar-refractivity contribution in [1.29, 1.82) is 0 Å². The number of fused-ring (bicyclic) bond motifs is 1. The van der Waals surface area contributed by atoms with Crippen LogP contribution in [0.25, 0.3) is 10.9 Å². The molecule has 3 rings (SSSR count). The van der Waals surface area contributed by atoms with E-state index in [0.29, 0.717) is 29.4 Å². The summed E-state index contributed by atoms with van der Waals surface area (Å²) in [4.78, 5) is 9.60. The van der Waals surface area contributed by atoms with Crippen molar-refractivity contribution in [3.05, 3.63) is 42.2 Å². The van der Waals surface area contributed by atoms with Crippen LogP contribution < -0.4 is 19.9 Å². The smallest absolute Gasteiger partial charge is 0.238 e. The van der Waals surface area contributed by atoms with Crippen LogP contribution in [0.4, 0.5) is 5.82 Å². The summed E-state index contributed by atoms with van der Waals surface area (Å²) >= 11 is 1.52. The lowest BCUT2D eigenvalue weighted by Gasteiger charge is -2.14. The van der Waals surface area contributed by atoms with Crippen molar-refractivity contribution in [2.75, 3.05) is 25.8 Å². The van der Waals surface area contributed by atoms with E-state index < -0.39 is 10.0 Å². The fourth-order valence-corrected chi connectivity index (χ4v) is 3.93. The second-order valence-corrected chi connectivity index (χ2v) is 8.23. The summed E-state index contributed by atoms with van der Waals surface area (Å²) < 4.78 is 34.0. The van der Waals surface area contributed by atoms with Gasteiger partial charge in [-0.3, -0.25) is 0 Å². The average Bonchev–Trinajstić information content (AvgIpc) is 2.70. The van der Waals surface area contributed by atoms with E-state index in [0.717, 1.165) is 15.8 Å². The van der Waals surface area contributed by atoms with Gasteiger partial charge in [-0.2, -0.15) is 0 Å². The highest BCUT2D eigenvalue weighted by Crippen LogP contribution is 2.34. The number of aromatic nitrogens is 2. The van der Waals surface area contributed by atoms with Gasteiger partial charge in [0.15, 0.2) is 11.5 Å². The lowest BCUT2D eigenvalue weighted by atomic mass is 10.2. The molecular weight excluding hydrogens is 400 g/mol. The molecule has 0 unspecified atom stereocenters. The average molecular weight is 421 g/mol. The summed E-state index contributed by atoms with van der Waals surface area (Å²) in [5.74, 6) is 1.73. The number of methoxy groups -OCH3 is 2.